The lowest BCUT2D eigenvalue weighted by Gasteiger charge is -2.24. The Morgan fingerprint density at radius 1 is 1.21 bits per heavy atom. The molecule has 11 heteroatoms. The monoisotopic (exact) mass is 401 g/mol. The van der Waals surface area contributed by atoms with E-state index < -0.39 is 23.8 Å². The van der Waals surface area contributed by atoms with Gasteiger partial charge >= 0.3 is 0 Å². The summed E-state index contributed by atoms with van der Waals surface area (Å²) in [5.74, 6) is -2.21. The highest BCUT2D eigenvalue weighted by Gasteiger charge is 2.24. The summed E-state index contributed by atoms with van der Waals surface area (Å²) < 4.78 is 10.6. The molecule has 28 heavy (non-hydrogen) atoms. The van der Waals surface area contributed by atoms with Crippen molar-refractivity contribution >= 4 is 23.6 Å². The second-order valence-corrected chi connectivity index (χ2v) is 6.67. The van der Waals surface area contributed by atoms with Crippen LogP contribution in [-0.2, 0) is 28.7 Å². The molecule has 1 rings (SSSR count). The molecule has 1 fully saturated rings. The first kappa shape index (κ1) is 23.8. The summed E-state index contributed by atoms with van der Waals surface area (Å²) in [5.41, 5.74) is 5.28. The van der Waals surface area contributed by atoms with Crippen molar-refractivity contribution in [3.63, 3.8) is 0 Å². The van der Waals surface area contributed by atoms with Gasteiger partial charge in [0.25, 0.3) is 0 Å². The predicted molar refractivity (Wildman–Crippen MR) is 100 cm³/mol. The topological polar surface area (TPSA) is 152 Å². The molecule has 1 aliphatic heterocycles. The first-order valence-electron chi connectivity index (χ1n) is 9.31. The van der Waals surface area contributed by atoms with Crippen LogP contribution in [0, 0.1) is 0 Å². The average Bonchev–Trinajstić information content (AvgIpc) is 2.61. The zero-order valence-electron chi connectivity index (χ0n) is 16.5. The van der Waals surface area contributed by atoms with E-state index in [4.69, 9.17) is 15.2 Å². The number of nitrogens with zero attached hydrogens (tertiary/aromatic N) is 1. The van der Waals surface area contributed by atoms with Crippen molar-refractivity contribution in [1.29, 1.82) is 0 Å². The molecule has 0 aromatic carbocycles. The quantitative estimate of drug-likeness (QED) is 0.392. The maximum absolute atomic E-state index is 12.4. The minimum Gasteiger partial charge on any atom is -0.377 e. The number of hydrogen-bond donors (Lipinski definition) is 4. The van der Waals surface area contributed by atoms with Gasteiger partial charge in [-0.3, -0.25) is 19.2 Å². The summed E-state index contributed by atoms with van der Waals surface area (Å²) in [5, 5.41) is 8.17. The van der Waals surface area contributed by atoms with Crippen molar-refractivity contribution in [2.75, 3.05) is 52.6 Å². The number of nitrogens with one attached hydrogen (secondary N) is 3. The van der Waals surface area contributed by atoms with Gasteiger partial charge in [0.1, 0.15) is 12.6 Å². The van der Waals surface area contributed by atoms with Gasteiger partial charge in [-0.25, -0.2) is 0 Å². The van der Waals surface area contributed by atoms with Gasteiger partial charge in [0, 0.05) is 25.7 Å². The molecule has 0 spiro atoms. The normalized spacial score (nSPS) is 21.3. The minimum atomic E-state index is -1.16. The first-order chi connectivity index (χ1) is 13.3. The van der Waals surface area contributed by atoms with Crippen LogP contribution in [0.1, 0.15) is 20.3 Å². The highest BCUT2D eigenvalue weighted by molar-refractivity contribution is 5.92. The lowest BCUT2D eigenvalue weighted by atomic mass is 10.2. The van der Waals surface area contributed by atoms with Gasteiger partial charge in [-0.2, -0.15) is 0 Å². The third kappa shape index (κ3) is 10.2. The third-order valence-electron chi connectivity index (χ3n) is 3.86. The molecule has 0 saturated carbocycles. The van der Waals surface area contributed by atoms with Crippen LogP contribution in [0.25, 0.3) is 0 Å². The fourth-order valence-electron chi connectivity index (χ4n) is 2.41. The van der Waals surface area contributed by atoms with Gasteiger partial charge in [0.2, 0.25) is 23.6 Å². The second kappa shape index (κ2) is 13.0. The maximum atomic E-state index is 12.4. The fraction of sp³-hybridized carbons (Fsp3) is 0.765. The lowest BCUT2D eigenvalue weighted by molar-refractivity contribution is -0.141. The van der Waals surface area contributed by atoms with E-state index in [9.17, 15) is 19.2 Å². The molecule has 0 aromatic heterocycles. The molecule has 0 radical (unpaired) electrons. The maximum Gasteiger partial charge on any atom is 0.249 e. The van der Waals surface area contributed by atoms with Crippen molar-refractivity contribution in [3.8, 4) is 0 Å². The van der Waals surface area contributed by atoms with Crippen LogP contribution in [0.3, 0.4) is 0 Å². The van der Waals surface area contributed by atoms with Gasteiger partial charge in [-0.1, -0.05) is 13.8 Å². The van der Waals surface area contributed by atoms with Crippen molar-refractivity contribution in [2.24, 2.45) is 5.73 Å². The van der Waals surface area contributed by atoms with Gasteiger partial charge in [0.05, 0.1) is 32.8 Å². The Morgan fingerprint density at radius 3 is 2.61 bits per heavy atom. The Hall–Kier alpha value is -2.24. The molecule has 4 amide bonds. The predicted octanol–water partition coefficient (Wildman–Crippen LogP) is -2.66. The summed E-state index contributed by atoms with van der Waals surface area (Å²) in [4.78, 5) is 49.5. The van der Waals surface area contributed by atoms with Crippen LogP contribution in [0.2, 0.25) is 0 Å². The van der Waals surface area contributed by atoms with Crippen molar-refractivity contribution in [2.45, 2.75) is 32.4 Å². The average molecular weight is 401 g/mol. The van der Waals surface area contributed by atoms with E-state index in [2.05, 4.69) is 16.0 Å². The molecule has 1 aliphatic rings. The van der Waals surface area contributed by atoms with E-state index in [0.717, 1.165) is 0 Å². The van der Waals surface area contributed by atoms with Crippen molar-refractivity contribution in [3.05, 3.63) is 0 Å². The fourth-order valence-corrected chi connectivity index (χ4v) is 2.41. The molecule has 0 bridgehead atoms. The molecule has 0 unspecified atom stereocenters. The Labute approximate surface area is 164 Å². The van der Waals surface area contributed by atoms with Crippen LogP contribution in [0.4, 0.5) is 0 Å². The Morgan fingerprint density at radius 2 is 1.93 bits per heavy atom. The number of primary amides is 1. The number of carbonyl (C=O) groups is 4. The molecule has 160 valence electrons. The number of ether oxygens (including phenoxy) is 2. The molecule has 11 nitrogen and oxygen atoms in total. The van der Waals surface area contributed by atoms with Crippen LogP contribution < -0.4 is 21.7 Å². The molecular weight excluding hydrogens is 370 g/mol. The van der Waals surface area contributed by atoms with E-state index >= 15 is 0 Å². The third-order valence-corrected chi connectivity index (χ3v) is 3.86. The summed E-state index contributed by atoms with van der Waals surface area (Å²) in [7, 11) is 0. The summed E-state index contributed by atoms with van der Waals surface area (Å²) in [6.45, 7) is 5.22. The Balaban J connectivity index is 2.79. The van der Waals surface area contributed by atoms with Crippen LogP contribution in [-0.4, -0.2) is 93.2 Å². The smallest absolute Gasteiger partial charge is 0.249 e. The number of carbonyl (C=O) groups excluding carboxylic acids is 4. The van der Waals surface area contributed by atoms with Gasteiger partial charge < -0.3 is 36.1 Å². The Bertz CT molecular complexity index is 542. The summed E-state index contributed by atoms with van der Waals surface area (Å²) >= 11 is 0. The highest BCUT2D eigenvalue weighted by atomic mass is 16.5. The van der Waals surface area contributed by atoms with Crippen molar-refractivity contribution < 1.29 is 28.7 Å². The zero-order chi connectivity index (χ0) is 20.9. The van der Waals surface area contributed by atoms with E-state index in [1.54, 1.807) is 0 Å². The zero-order valence-corrected chi connectivity index (χ0v) is 16.5. The van der Waals surface area contributed by atoms with Gasteiger partial charge in [-0.05, 0) is 0 Å². The molecule has 0 aromatic rings. The van der Waals surface area contributed by atoms with Crippen molar-refractivity contribution in [1.82, 2.24) is 20.9 Å². The van der Waals surface area contributed by atoms with E-state index in [1.165, 1.54) is 4.90 Å². The largest absolute Gasteiger partial charge is 0.377 e. The highest BCUT2D eigenvalue weighted by Crippen LogP contribution is 1.97. The summed E-state index contributed by atoms with van der Waals surface area (Å²) in [6.07, 6.45) is -0.285. The molecular formula is C17H31N5O6. The number of hydrogen-bond acceptors (Lipinski definition) is 7. The van der Waals surface area contributed by atoms with Crippen LogP contribution >= 0.6 is 0 Å². The van der Waals surface area contributed by atoms with Crippen LogP contribution in [0.5, 0.6) is 0 Å². The van der Waals surface area contributed by atoms with Gasteiger partial charge in [0.15, 0.2) is 0 Å². The second-order valence-electron chi connectivity index (χ2n) is 6.67. The minimum absolute atomic E-state index is 0.186. The molecule has 0 aliphatic carbocycles. The lowest BCUT2D eigenvalue weighted by Crippen LogP contribution is -2.52. The van der Waals surface area contributed by atoms with Gasteiger partial charge in [-0.15, -0.1) is 0 Å². The number of amides is 4. The molecule has 1 atom stereocenters. The molecule has 1 heterocycles. The number of rotatable bonds is 5. The standard InChI is InChI=1S/C17H31N5O6/c1-12(2)19-3-5-22-10-15(24)21-13(17(18)26)9-14(23)20-4-6-27-7-8-28-11-16(22)25/h12-13,19H,3-11H2,1-2H3,(H2,18,26)(H,20,23)(H,21,24)/t13-/m0/s1. The van der Waals surface area contributed by atoms with E-state index in [0.29, 0.717) is 6.54 Å². The Kier molecular flexibility index (Phi) is 11.1. The van der Waals surface area contributed by atoms with Crippen LogP contribution in [0.15, 0.2) is 0 Å². The van der Waals surface area contributed by atoms with E-state index in [-0.39, 0.29) is 64.4 Å². The van der Waals surface area contributed by atoms with E-state index in [1.807, 2.05) is 13.8 Å². The number of nitrogens with two attached hydrogens (primary N) is 1. The summed E-state index contributed by atoms with van der Waals surface area (Å²) in [6, 6.07) is -0.939. The SMILES string of the molecule is CC(C)NCCN1CC(=O)N[C@H](C(N)=O)CC(=O)NCCOCCOCC1=O. The molecule has 1 saturated heterocycles. The molecule has 5 N–H and O–H groups in total. The first-order valence-corrected chi connectivity index (χ1v) is 9.31.